The highest BCUT2D eigenvalue weighted by molar-refractivity contribution is 6.17. The third kappa shape index (κ3) is 2.28. The van der Waals surface area contributed by atoms with Crippen LogP contribution >= 0.6 is 11.6 Å². The molecule has 0 radical (unpaired) electrons. The van der Waals surface area contributed by atoms with Gasteiger partial charge in [0.25, 0.3) is 0 Å². The second kappa shape index (κ2) is 4.89. The lowest BCUT2D eigenvalue weighted by Crippen LogP contribution is -2.29. The molecule has 0 spiro atoms. The Hall–Kier alpha value is -0.690. The van der Waals surface area contributed by atoms with Gasteiger partial charge < -0.3 is 4.90 Å². The number of nitrogens with zero attached hydrogens (tertiary/aromatic N) is 1. The summed E-state index contributed by atoms with van der Waals surface area (Å²) in [5, 5.41) is 0. The van der Waals surface area contributed by atoms with Crippen LogP contribution in [-0.4, -0.2) is 13.1 Å². The topological polar surface area (TPSA) is 3.24 Å². The predicted octanol–water partition coefficient (Wildman–Crippen LogP) is 3.80. The highest BCUT2D eigenvalue weighted by atomic mass is 35.5. The minimum atomic E-state index is 0.604. The third-order valence-corrected chi connectivity index (χ3v) is 3.68. The van der Waals surface area contributed by atoms with Gasteiger partial charge in [-0.05, 0) is 24.5 Å². The number of rotatable bonds is 3. The fourth-order valence-corrected chi connectivity index (χ4v) is 2.68. The fraction of sp³-hybridized carbons (Fsp3) is 0.538. The molecule has 0 unspecified atom stereocenters. The van der Waals surface area contributed by atoms with Crippen LogP contribution in [0.3, 0.4) is 0 Å². The lowest BCUT2D eigenvalue weighted by atomic mass is 10.1. The zero-order chi connectivity index (χ0) is 10.7. The van der Waals surface area contributed by atoms with Crippen molar-refractivity contribution in [2.75, 3.05) is 11.9 Å². The highest BCUT2D eigenvalue weighted by Crippen LogP contribution is 2.29. The molecule has 0 aliphatic heterocycles. The summed E-state index contributed by atoms with van der Waals surface area (Å²) in [5.41, 5.74) is 2.55. The Balaban J connectivity index is 2.19. The molecule has 82 valence electrons. The number of alkyl halides is 1. The van der Waals surface area contributed by atoms with Gasteiger partial charge in [0, 0.05) is 24.7 Å². The molecule has 1 aromatic carbocycles. The molecule has 2 heteroatoms. The van der Waals surface area contributed by atoms with Gasteiger partial charge in [0.05, 0.1) is 0 Å². The van der Waals surface area contributed by atoms with Crippen LogP contribution < -0.4 is 4.90 Å². The molecule has 0 saturated heterocycles. The van der Waals surface area contributed by atoms with Crippen molar-refractivity contribution >= 4 is 17.3 Å². The SMILES string of the molecule is CN(c1ccccc1CCl)C1CCCC1. The van der Waals surface area contributed by atoms with Crippen molar-refractivity contribution in [3.63, 3.8) is 0 Å². The van der Waals surface area contributed by atoms with Gasteiger partial charge in [-0.25, -0.2) is 0 Å². The number of hydrogen-bond acceptors (Lipinski definition) is 1. The van der Waals surface area contributed by atoms with Crippen LogP contribution in [0.4, 0.5) is 5.69 Å². The first-order chi connectivity index (χ1) is 7.33. The second-order valence-corrected chi connectivity index (χ2v) is 4.58. The third-order valence-electron chi connectivity index (χ3n) is 3.39. The molecular weight excluding hydrogens is 206 g/mol. The molecule has 1 aromatic rings. The number of para-hydroxylation sites is 1. The summed E-state index contributed by atoms with van der Waals surface area (Å²) in [6.45, 7) is 0. The van der Waals surface area contributed by atoms with E-state index in [9.17, 15) is 0 Å². The fourth-order valence-electron chi connectivity index (χ4n) is 2.46. The van der Waals surface area contributed by atoms with Gasteiger partial charge in [-0.3, -0.25) is 0 Å². The quantitative estimate of drug-likeness (QED) is 0.705. The average Bonchev–Trinajstić information content (AvgIpc) is 2.81. The molecule has 0 aromatic heterocycles. The lowest BCUT2D eigenvalue weighted by molar-refractivity contribution is 0.652. The van der Waals surface area contributed by atoms with Gasteiger partial charge in [-0.2, -0.15) is 0 Å². The zero-order valence-corrected chi connectivity index (χ0v) is 10.0. The minimum absolute atomic E-state index is 0.604. The molecule has 0 atom stereocenters. The number of benzene rings is 1. The van der Waals surface area contributed by atoms with E-state index in [1.54, 1.807) is 0 Å². The highest BCUT2D eigenvalue weighted by Gasteiger charge is 2.20. The maximum atomic E-state index is 5.96. The Labute approximate surface area is 97.0 Å². The molecule has 0 bridgehead atoms. The molecule has 0 heterocycles. The smallest absolute Gasteiger partial charge is 0.0494 e. The van der Waals surface area contributed by atoms with Crippen molar-refractivity contribution < 1.29 is 0 Å². The summed E-state index contributed by atoms with van der Waals surface area (Å²) in [4.78, 5) is 2.41. The normalized spacial score (nSPS) is 16.9. The summed E-state index contributed by atoms with van der Waals surface area (Å²) < 4.78 is 0. The first kappa shape index (κ1) is 10.8. The Morgan fingerprint density at radius 2 is 1.93 bits per heavy atom. The zero-order valence-electron chi connectivity index (χ0n) is 9.25. The summed E-state index contributed by atoms with van der Waals surface area (Å²) in [6.07, 6.45) is 5.40. The van der Waals surface area contributed by atoms with E-state index in [2.05, 4.69) is 36.2 Å². The van der Waals surface area contributed by atoms with E-state index in [0.717, 1.165) is 6.04 Å². The molecule has 1 saturated carbocycles. The maximum absolute atomic E-state index is 5.96. The van der Waals surface area contributed by atoms with E-state index in [1.165, 1.54) is 36.9 Å². The van der Waals surface area contributed by atoms with Gasteiger partial charge in [-0.15, -0.1) is 11.6 Å². The van der Waals surface area contributed by atoms with Gasteiger partial charge in [0.15, 0.2) is 0 Å². The van der Waals surface area contributed by atoms with Crippen LogP contribution in [0.5, 0.6) is 0 Å². The molecule has 1 fully saturated rings. The Bertz CT molecular complexity index is 318. The van der Waals surface area contributed by atoms with Crippen molar-refractivity contribution in [2.45, 2.75) is 37.6 Å². The van der Waals surface area contributed by atoms with Crippen LogP contribution in [0.2, 0.25) is 0 Å². The van der Waals surface area contributed by atoms with Gasteiger partial charge in [-0.1, -0.05) is 31.0 Å². The summed E-state index contributed by atoms with van der Waals surface area (Å²) in [6, 6.07) is 9.17. The van der Waals surface area contributed by atoms with Crippen molar-refractivity contribution in [3.05, 3.63) is 29.8 Å². The van der Waals surface area contributed by atoms with Crippen LogP contribution in [0.15, 0.2) is 24.3 Å². The molecule has 2 rings (SSSR count). The molecule has 15 heavy (non-hydrogen) atoms. The minimum Gasteiger partial charge on any atom is -0.371 e. The molecular formula is C13H18ClN. The first-order valence-corrected chi connectivity index (χ1v) is 6.23. The Kier molecular flexibility index (Phi) is 3.53. The van der Waals surface area contributed by atoms with E-state index in [1.807, 2.05) is 0 Å². The molecule has 1 aliphatic rings. The van der Waals surface area contributed by atoms with Crippen molar-refractivity contribution in [1.82, 2.24) is 0 Å². The molecule has 1 aliphatic carbocycles. The van der Waals surface area contributed by atoms with Gasteiger partial charge in [0.1, 0.15) is 0 Å². The maximum Gasteiger partial charge on any atom is 0.0494 e. The first-order valence-electron chi connectivity index (χ1n) is 5.69. The number of anilines is 1. The Morgan fingerprint density at radius 3 is 2.60 bits per heavy atom. The Morgan fingerprint density at radius 1 is 1.27 bits per heavy atom. The van der Waals surface area contributed by atoms with Crippen LogP contribution in [0, 0.1) is 0 Å². The standard InChI is InChI=1S/C13H18ClN/c1-15(12-7-3-4-8-12)13-9-5-2-6-11(13)10-14/h2,5-6,9,12H,3-4,7-8,10H2,1H3. The van der Waals surface area contributed by atoms with Crippen molar-refractivity contribution in [3.8, 4) is 0 Å². The van der Waals surface area contributed by atoms with E-state index < -0.39 is 0 Å². The van der Waals surface area contributed by atoms with Crippen molar-refractivity contribution in [2.24, 2.45) is 0 Å². The van der Waals surface area contributed by atoms with Crippen LogP contribution in [0.1, 0.15) is 31.2 Å². The van der Waals surface area contributed by atoms with E-state index in [4.69, 9.17) is 11.6 Å². The number of hydrogen-bond donors (Lipinski definition) is 0. The van der Waals surface area contributed by atoms with E-state index >= 15 is 0 Å². The largest absolute Gasteiger partial charge is 0.371 e. The van der Waals surface area contributed by atoms with E-state index in [0.29, 0.717) is 5.88 Å². The molecule has 1 nitrogen and oxygen atoms in total. The average molecular weight is 224 g/mol. The molecule has 0 amide bonds. The van der Waals surface area contributed by atoms with Crippen molar-refractivity contribution in [1.29, 1.82) is 0 Å². The molecule has 0 N–H and O–H groups in total. The summed E-state index contributed by atoms with van der Waals surface area (Å²) >= 11 is 5.96. The monoisotopic (exact) mass is 223 g/mol. The van der Waals surface area contributed by atoms with Gasteiger partial charge in [0.2, 0.25) is 0 Å². The number of halogens is 1. The lowest BCUT2D eigenvalue weighted by Gasteiger charge is -2.28. The van der Waals surface area contributed by atoms with Gasteiger partial charge >= 0.3 is 0 Å². The predicted molar refractivity (Wildman–Crippen MR) is 66.7 cm³/mol. The van der Waals surface area contributed by atoms with E-state index in [-0.39, 0.29) is 0 Å². The van der Waals surface area contributed by atoms with Crippen LogP contribution in [0.25, 0.3) is 0 Å². The summed E-state index contributed by atoms with van der Waals surface area (Å²) in [7, 11) is 2.20. The van der Waals surface area contributed by atoms with Crippen LogP contribution in [-0.2, 0) is 5.88 Å². The second-order valence-electron chi connectivity index (χ2n) is 4.31. The summed E-state index contributed by atoms with van der Waals surface area (Å²) in [5.74, 6) is 0.604.